The van der Waals surface area contributed by atoms with Gasteiger partial charge in [0.1, 0.15) is 5.57 Å². The molecule has 0 saturated heterocycles. The van der Waals surface area contributed by atoms with E-state index in [1.165, 1.54) is 19.5 Å². The molecule has 0 amide bonds. The van der Waals surface area contributed by atoms with Crippen LogP contribution < -0.4 is 10.1 Å². The van der Waals surface area contributed by atoms with Crippen molar-refractivity contribution in [3.8, 4) is 5.88 Å². The Labute approximate surface area is 116 Å². The average molecular weight is 276 g/mol. The van der Waals surface area contributed by atoms with Gasteiger partial charge in [0, 0.05) is 18.2 Å². The van der Waals surface area contributed by atoms with Crippen molar-refractivity contribution in [1.82, 2.24) is 4.98 Å². The Morgan fingerprint density at radius 3 is 2.65 bits per heavy atom. The number of pyridine rings is 1. The second kappa shape index (κ2) is 6.18. The maximum absolute atomic E-state index is 12.0. The minimum Gasteiger partial charge on any atom is -0.481 e. The van der Waals surface area contributed by atoms with Gasteiger partial charge in [-0.1, -0.05) is 6.42 Å². The fraction of sp³-hybridized carbons (Fsp3) is 0.357. The number of carboxylic acids is 1. The molecule has 0 unspecified atom stereocenters. The lowest BCUT2D eigenvalue weighted by Crippen LogP contribution is -2.27. The number of carboxylic acid groups (broad SMARTS) is 1. The molecule has 1 fully saturated rings. The Kier molecular flexibility index (Phi) is 4.34. The summed E-state index contributed by atoms with van der Waals surface area (Å²) in [7, 11) is 1.51. The first kappa shape index (κ1) is 14.0. The molecule has 0 bridgehead atoms. The summed E-state index contributed by atoms with van der Waals surface area (Å²) in [6.45, 7) is 0. The van der Waals surface area contributed by atoms with Crippen molar-refractivity contribution in [1.29, 1.82) is 0 Å². The Morgan fingerprint density at radius 1 is 1.45 bits per heavy atom. The van der Waals surface area contributed by atoms with E-state index in [2.05, 4.69) is 10.3 Å². The highest BCUT2D eigenvalue weighted by Crippen LogP contribution is 2.29. The van der Waals surface area contributed by atoms with E-state index in [-0.39, 0.29) is 17.3 Å². The minimum atomic E-state index is -1.21. The molecule has 1 aliphatic rings. The molecule has 20 heavy (non-hydrogen) atoms. The topological polar surface area (TPSA) is 88.5 Å². The van der Waals surface area contributed by atoms with Crippen LogP contribution in [0.3, 0.4) is 0 Å². The van der Waals surface area contributed by atoms with E-state index in [4.69, 9.17) is 9.84 Å². The monoisotopic (exact) mass is 276 g/mol. The zero-order valence-corrected chi connectivity index (χ0v) is 11.1. The van der Waals surface area contributed by atoms with E-state index in [1.807, 2.05) is 0 Å². The maximum atomic E-state index is 12.0. The molecule has 0 aromatic carbocycles. The van der Waals surface area contributed by atoms with Gasteiger partial charge >= 0.3 is 5.97 Å². The van der Waals surface area contributed by atoms with E-state index < -0.39 is 5.97 Å². The first-order valence-corrected chi connectivity index (χ1v) is 6.36. The van der Waals surface area contributed by atoms with Crippen molar-refractivity contribution in [2.45, 2.75) is 19.3 Å². The number of nitrogens with one attached hydrogen (secondary N) is 1. The lowest BCUT2D eigenvalue weighted by atomic mass is 9.80. The van der Waals surface area contributed by atoms with Crippen LogP contribution in [0.15, 0.2) is 30.1 Å². The van der Waals surface area contributed by atoms with Crippen LogP contribution in [0.5, 0.6) is 5.88 Å². The molecule has 2 rings (SSSR count). The van der Waals surface area contributed by atoms with Crippen LogP contribution in [0.25, 0.3) is 0 Å². The Bertz CT molecular complexity index is 533. The number of ether oxygens (including phenoxy) is 1. The number of rotatable bonds is 6. The van der Waals surface area contributed by atoms with Crippen LogP contribution in [0.4, 0.5) is 5.69 Å². The number of hydrogen-bond donors (Lipinski definition) is 2. The molecular formula is C14H16N2O4. The molecule has 1 saturated carbocycles. The molecule has 1 aromatic heterocycles. The molecular weight excluding hydrogens is 260 g/mol. The predicted octanol–water partition coefficient (Wildman–Crippen LogP) is 1.84. The van der Waals surface area contributed by atoms with E-state index in [0.717, 1.165) is 19.3 Å². The third-order valence-electron chi connectivity index (χ3n) is 3.30. The smallest absolute Gasteiger partial charge is 0.340 e. The van der Waals surface area contributed by atoms with Crippen molar-refractivity contribution in [3.63, 3.8) is 0 Å². The summed E-state index contributed by atoms with van der Waals surface area (Å²) < 4.78 is 4.92. The highest BCUT2D eigenvalue weighted by Gasteiger charge is 2.30. The van der Waals surface area contributed by atoms with Gasteiger partial charge in [-0.15, -0.1) is 0 Å². The van der Waals surface area contributed by atoms with Crippen molar-refractivity contribution in [2.75, 3.05) is 12.4 Å². The normalized spacial score (nSPS) is 15.3. The fourth-order valence-electron chi connectivity index (χ4n) is 1.87. The van der Waals surface area contributed by atoms with Gasteiger partial charge in [0.25, 0.3) is 0 Å². The van der Waals surface area contributed by atoms with Crippen LogP contribution in [0.1, 0.15) is 19.3 Å². The molecule has 106 valence electrons. The van der Waals surface area contributed by atoms with Gasteiger partial charge in [0.05, 0.1) is 19.0 Å². The molecule has 6 heteroatoms. The molecule has 2 N–H and O–H groups in total. The van der Waals surface area contributed by atoms with Crippen LogP contribution in [0.2, 0.25) is 0 Å². The zero-order valence-electron chi connectivity index (χ0n) is 11.1. The molecule has 0 atom stereocenters. The number of hydrogen-bond acceptors (Lipinski definition) is 5. The first-order valence-electron chi connectivity index (χ1n) is 6.36. The summed E-state index contributed by atoms with van der Waals surface area (Å²) >= 11 is 0. The van der Waals surface area contributed by atoms with Crippen molar-refractivity contribution in [2.24, 2.45) is 5.92 Å². The lowest BCUT2D eigenvalue weighted by Gasteiger charge is -2.23. The summed E-state index contributed by atoms with van der Waals surface area (Å²) in [4.78, 5) is 27.1. The summed E-state index contributed by atoms with van der Waals surface area (Å²) in [5, 5.41) is 11.9. The van der Waals surface area contributed by atoms with Crippen LogP contribution in [-0.4, -0.2) is 29.0 Å². The van der Waals surface area contributed by atoms with E-state index in [1.54, 1.807) is 12.1 Å². The van der Waals surface area contributed by atoms with Gasteiger partial charge in [-0.25, -0.2) is 9.78 Å². The highest BCUT2D eigenvalue weighted by atomic mass is 16.5. The Morgan fingerprint density at radius 2 is 2.20 bits per heavy atom. The maximum Gasteiger partial charge on any atom is 0.340 e. The average Bonchev–Trinajstić information content (AvgIpc) is 2.37. The van der Waals surface area contributed by atoms with Gasteiger partial charge in [0.15, 0.2) is 5.78 Å². The second-order valence-electron chi connectivity index (χ2n) is 4.59. The summed E-state index contributed by atoms with van der Waals surface area (Å²) in [6.07, 6.45) is 5.26. The van der Waals surface area contributed by atoms with Crippen LogP contribution in [-0.2, 0) is 9.59 Å². The molecule has 6 nitrogen and oxygen atoms in total. The number of anilines is 1. The van der Waals surface area contributed by atoms with Crippen LogP contribution in [0, 0.1) is 5.92 Å². The molecule has 0 spiro atoms. The lowest BCUT2D eigenvalue weighted by molar-refractivity contribution is -0.135. The van der Waals surface area contributed by atoms with Gasteiger partial charge < -0.3 is 15.2 Å². The predicted molar refractivity (Wildman–Crippen MR) is 72.5 cm³/mol. The highest BCUT2D eigenvalue weighted by molar-refractivity contribution is 6.17. The zero-order chi connectivity index (χ0) is 14.5. The van der Waals surface area contributed by atoms with Crippen molar-refractivity contribution in [3.05, 3.63) is 30.1 Å². The van der Waals surface area contributed by atoms with Crippen molar-refractivity contribution < 1.29 is 19.4 Å². The first-order chi connectivity index (χ1) is 9.61. The van der Waals surface area contributed by atoms with Crippen molar-refractivity contribution >= 4 is 17.4 Å². The van der Waals surface area contributed by atoms with Gasteiger partial charge in [0.2, 0.25) is 5.88 Å². The Balaban J connectivity index is 2.08. The summed E-state index contributed by atoms with van der Waals surface area (Å²) in [5.74, 6) is -1.20. The third-order valence-corrected chi connectivity index (χ3v) is 3.30. The quantitative estimate of drug-likeness (QED) is 0.468. The second-order valence-corrected chi connectivity index (χ2v) is 4.59. The Hall–Kier alpha value is -2.37. The van der Waals surface area contributed by atoms with Gasteiger partial charge in [-0.3, -0.25) is 4.79 Å². The molecule has 0 aliphatic heterocycles. The molecule has 0 radical (unpaired) electrons. The number of ketones is 1. The number of aliphatic carboxylic acids is 1. The molecule has 1 aliphatic carbocycles. The fourth-order valence-corrected chi connectivity index (χ4v) is 1.87. The summed E-state index contributed by atoms with van der Waals surface area (Å²) in [6, 6.07) is 3.33. The van der Waals surface area contributed by atoms with Gasteiger partial charge in [-0.05, 0) is 18.9 Å². The number of nitrogens with zero attached hydrogens (tertiary/aromatic N) is 1. The minimum absolute atomic E-state index is 0.145. The van der Waals surface area contributed by atoms with Crippen LogP contribution >= 0.6 is 0 Å². The number of carbonyl (C=O) groups is 2. The van der Waals surface area contributed by atoms with E-state index in [9.17, 15) is 9.59 Å². The molecule has 1 aromatic rings. The van der Waals surface area contributed by atoms with E-state index in [0.29, 0.717) is 11.6 Å². The van der Waals surface area contributed by atoms with Gasteiger partial charge in [-0.2, -0.15) is 0 Å². The molecule has 1 heterocycles. The number of carbonyl (C=O) groups excluding carboxylic acids is 1. The number of Topliss-reactive ketones (excluding diaryl/α,β-unsaturated/α-hetero) is 1. The number of aromatic nitrogens is 1. The van der Waals surface area contributed by atoms with E-state index >= 15 is 0 Å². The third kappa shape index (κ3) is 3.14. The number of methoxy groups -OCH3 is 1. The summed E-state index contributed by atoms with van der Waals surface area (Å²) in [5.41, 5.74) is 0.372. The SMILES string of the molecule is COc1ccc(NC=C(C(=O)O)C(=O)C2CCC2)cn1. The standard InChI is InChI=1S/C14H16N2O4/c1-20-12-6-5-10(7-16-12)15-8-11(14(18)19)13(17)9-3-2-4-9/h5-9,15H,2-4H2,1H3,(H,18,19). The largest absolute Gasteiger partial charge is 0.481 e.